The van der Waals surface area contributed by atoms with Crippen molar-refractivity contribution in [2.45, 2.75) is 18.8 Å². The largest absolute Gasteiger partial charge is 0.479 e. The van der Waals surface area contributed by atoms with Crippen molar-refractivity contribution in [3.63, 3.8) is 0 Å². The third-order valence-corrected chi connectivity index (χ3v) is 2.79. The van der Waals surface area contributed by atoms with E-state index in [9.17, 15) is 4.39 Å². The first-order valence-electron chi connectivity index (χ1n) is 5.22. The summed E-state index contributed by atoms with van der Waals surface area (Å²) in [6, 6.07) is 3.19. The maximum Gasteiger partial charge on any atom is 0.250 e. The molecular formula is C11H15FN2O. The molecule has 2 heterocycles. The van der Waals surface area contributed by atoms with Crippen molar-refractivity contribution in [3.05, 3.63) is 23.6 Å². The average molecular weight is 210 g/mol. The number of rotatable bonds is 2. The topological polar surface area (TPSA) is 34.1 Å². The number of methoxy groups -OCH3 is 1. The second kappa shape index (κ2) is 4.57. The van der Waals surface area contributed by atoms with E-state index < -0.39 is 5.82 Å². The first-order chi connectivity index (χ1) is 7.31. The molecule has 0 aliphatic carbocycles. The lowest BCUT2D eigenvalue weighted by atomic mass is 9.94. The molecule has 0 aromatic carbocycles. The Morgan fingerprint density at radius 3 is 2.80 bits per heavy atom. The summed E-state index contributed by atoms with van der Waals surface area (Å²) in [5, 5.41) is 3.29. The molecule has 2 rings (SSSR count). The second-order valence-electron chi connectivity index (χ2n) is 3.75. The third-order valence-electron chi connectivity index (χ3n) is 2.79. The highest BCUT2D eigenvalue weighted by Crippen LogP contribution is 2.26. The van der Waals surface area contributed by atoms with Gasteiger partial charge in [-0.1, -0.05) is 0 Å². The fourth-order valence-electron chi connectivity index (χ4n) is 1.93. The first kappa shape index (κ1) is 10.4. The second-order valence-corrected chi connectivity index (χ2v) is 3.75. The van der Waals surface area contributed by atoms with E-state index in [1.165, 1.54) is 13.2 Å². The molecule has 3 nitrogen and oxygen atoms in total. The van der Waals surface area contributed by atoms with Gasteiger partial charge in [-0.3, -0.25) is 0 Å². The predicted octanol–water partition coefficient (Wildman–Crippen LogP) is 1.70. The lowest BCUT2D eigenvalue weighted by molar-refractivity contribution is 0.362. The van der Waals surface area contributed by atoms with E-state index in [-0.39, 0.29) is 5.88 Å². The molecule has 1 N–H and O–H groups in total. The summed E-state index contributed by atoms with van der Waals surface area (Å²) in [5.41, 5.74) is 0.940. The molecular weight excluding hydrogens is 195 g/mol. The molecule has 82 valence electrons. The normalized spacial score (nSPS) is 17.7. The van der Waals surface area contributed by atoms with Gasteiger partial charge >= 0.3 is 0 Å². The van der Waals surface area contributed by atoms with Crippen molar-refractivity contribution >= 4 is 0 Å². The Hall–Kier alpha value is -1.16. The van der Waals surface area contributed by atoms with E-state index in [0.717, 1.165) is 31.6 Å². The lowest BCUT2D eigenvalue weighted by Gasteiger charge is -2.22. The monoisotopic (exact) mass is 210 g/mol. The first-order valence-corrected chi connectivity index (χ1v) is 5.22. The number of hydrogen-bond acceptors (Lipinski definition) is 3. The quantitative estimate of drug-likeness (QED) is 0.806. The van der Waals surface area contributed by atoms with Gasteiger partial charge in [-0.2, -0.15) is 0 Å². The Morgan fingerprint density at radius 1 is 1.40 bits per heavy atom. The summed E-state index contributed by atoms with van der Waals surface area (Å²) < 4.78 is 18.0. The summed E-state index contributed by atoms with van der Waals surface area (Å²) in [6.07, 6.45) is 2.11. The minimum Gasteiger partial charge on any atom is -0.479 e. The summed E-state index contributed by atoms with van der Waals surface area (Å²) in [4.78, 5) is 4.19. The number of piperidine rings is 1. The fraction of sp³-hybridized carbons (Fsp3) is 0.545. The van der Waals surface area contributed by atoms with Gasteiger partial charge in [-0.15, -0.1) is 0 Å². The number of pyridine rings is 1. The zero-order chi connectivity index (χ0) is 10.7. The molecule has 0 amide bonds. The van der Waals surface area contributed by atoms with Crippen LogP contribution in [0.1, 0.15) is 24.5 Å². The molecule has 1 aliphatic heterocycles. The van der Waals surface area contributed by atoms with E-state index in [4.69, 9.17) is 4.74 Å². The SMILES string of the molecule is COc1nc(C2CCNCC2)ccc1F. The van der Waals surface area contributed by atoms with E-state index in [1.54, 1.807) is 6.07 Å². The van der Waals surface area contributed by atoms with Gasteiger partial charge in [-0.05, 0) is 38.1 Å². The smallest absolute Gasteiger partial charge is 0.250 e. The third kappa shape index (κ3) is 2.26. The summed E-state index contributed by atoms with van der Waals surface area (Å²) >= 11 is 0. The van der Waals surface area contributed by atoms with Gasteiger partial charge in [0.25, 0.3) is 0 Å². The maximum atomic E-state index is 13.1. The number of aromatic nitrogens is 1. The molecule has 0 atom stereocenters. The Bertz CT molecular complexity index is 337. The van der Waals surface area contributed by atoms with Crippen LogP contribution in [0, 0.1) is 5.82 Å². The van der Waals surface area contributed by atoms with Crippen LogP contribution < -0.4 is 10.1 Å². The van der Waals surface area contributed by atoms with E-state index in [1.807, 2.05) is 0 Å². The van der Waals surface area contributed by atoms with Crippen LogP contribution in [-0.2, 0) is 0 Å². The number of hydrogen-bond donors (Lipinski definition) is 1. The molecule has 0 saturated carbocycles. The van der Waals surface area contributed by atoms with Crippen LogP contribution in [0.5, 0.6) is 5.88 Å². The maximum absolute atomic E-state index is 13.1. The summed E-state index contributed by atoms with van der Waals surface area (Å²) in [7, 11) is 1.44. The molecule has 15 heavy (non-hydrogen) atoms. The van der Waals surface area contributed by atoms with Gasteiger partial charge in [0, 0.05) is 11.6 Å². The standard InChI is InChI=1S/C11H15FN2O/c1-15-11-9(12)2-3-10(14-11)8-4-6-13-7-5-8/h2-3,8,13H,4-7H2,1H3. The average Bonchev–Trinajstić information content (AvgIpc) is 2.31. The van der Waals surface area contributed by atoms with Crippen molar-refractivity contribution in [2.75, 3.05) is 20.2 Å². The van der Waals surface area contributed by atoms with Crippen molar-refractivity contribution in [3.8, 4) is 5.88 Å². The van der Waals surface area contributed by atoms with Crippen molar-refractivity contribution in [1.29, 1.82) is 0 Å². The fourth-order valence-corrected chi connectivity index (χ4v) is 1.93. The molecule has 4 heteroatoms. The molecule has 1 aromatic heterocycles. The Morgan fingerprint density at radius 2 is 2.13 bits per heavy atom. The van der Waals surface area contributed by atoms with Crippen LogP contribution >= 0.6 is 0 Å². The Labute approximate surface area is 88.7 Å². The van der Waals surface area contributed by atoms with Crippen LogP contribution in [0.25, 0.3) is 0 Å². The summed E-state index contributed by atoms with van der Waals surface area (Å²) in [5.74, 6) is 0.141. The summed E-state index contributed by atoms with van der Waals surface area (Å²) in [6.45, 7) is 2.01. The van der Waals surface area contributed by atoms with Crippen LogP contribution in [0.2, 0.25) is 0 Å². The molecule has 1 aromatic rings. The predicted molar refractivity (Wildman–Crippen MR) is 55.6 cm³/mol. The van der Waals surface area contributed by atoms with Crippen molar-refractivity contribution < 1.29 is 9.13 Å². The zero-order valence-electron chi connectivity index (χ0n) is 8.79. The van der Waals surface area contributed by atoms with Gasteiger partial charge in [0.05, 0.1) is 7.11 Å². The molecule has 0 bridgehead atoms. The van der Waals surface area contributed by atoms with Gasteiger partial charge < -0.3 is 10.1 Å². The highest BCUT2D eigenvalue weighted by molar-refractivity contribution is 5.21. The molecule has 1 fully saturated rings. The Balaban J connectivity index is 2.20. The number of nitrogens with one attached hydrogen (secondary N) is 1. The molecule has 1 aliphatic rings. The van der Waals surface area contributed by atoms with E-state index in [2.05, 4.69) is 10.3 Å². The molecule has 0 radical (unpaired) electrons. The molecule has 1 saturated heterocycles. The van der Waals surface area contributed by atoms with Gasteiger partial charge in [0.1, 0.15) is 0 Å². The van der Waals surface area contributed by atoms with E-state index in [0.29, 0.717) is 5.92 Å². The minimum atomic E-state index is -0.393. The highest BCUT2D eigenvalue weighted by atomic mass is 19.1. The van der Waals surface area contributed by atoms with Crippen LogP contribution in [0.3, 0.4) is 0 Å². The molecule has 0 unspecified atom stereocenters. The zero-order valence-corrected chi connectivity index (χ0v) is 8.79. The van der Waals surface area contributed by atoms with Gasteiger partial charge in [0.15, 0.2) is 5.82 Å². The van der Waals surface area contributed by atoms with E-state index >= 15 is 0 Å². The number of nitrogens with zero attached hydrogens (tertiary/aromatic N) is 1. The van der Waals surface area contributed by atoms with Crippen molar-refractivity contribution in [1.82, 2.24) is 10.3 Å². The number of halogens is 1. The van der Waals surface area contributed by atoms with Crippen molar-refractivity contribution in [2.24, 2.45) is 0 Å². The minimum absolute atomic E-state index is 0.103. The van der Waals surface area contributed by atoms with Gasteiger partial charge in [0.2, 0.25) is 5.88 Å². The van der Waals surface area contributed by atoms with Crippen LogP contribution in [-0.4, -0.2) is 25.2 Å². The van der Waals surface area contributed by atoms with Gasteiger partial charge in [-0.25, -0.2) is 9.37 Å². The number of ether oxygens (including phenoxy) is 1. The van der Waals surface area contributed by atoms with Crippen LogP contribution in [0.4, 0.5) is 4.39 Å². The molecule has 0 spiro atoms. The Kier molecular flexibility index (Phi) is 3.16. The lowest BCUT2D eigenvalue weighted by Crippen LogP contribution is -2.27. The highest BCUT2D eigenvalue weighted by Gasteiger charge is 2.17. The van der Waals surface area contributed by atoms with Crippen LogP contribution in [0.15, 0.2) is 12.1 Å².